The maximum atomic E-state index is 12.3. The zero-order valence-corrected chi connectivity index (χ0v) is 17.0. The van der Waals surface area contributed by atoms with E-state index in [1.54, 1.807) is 14.7 Å². The molecule has 0 saturated carbocycles. The van der Waals surface area contributed by atoms with Crippen LogP contribution in [0.3, 0.4) is 0 Å². The molecule has 1 fully saturated rings. The highest BCUT2D eigenvalue weighted by Gasteiger charge is 2.24. The first-order valence-corrected chi connectivity index (χ1v) is 10.5. The molecule has 0 atom stereocenters. The minimum atomic E-state index is -3.78. The molecule has 0 aliphatic carbocycles. The van der Waals surface area contributed by atoms with E-state index in [9.17, 15) is 22.8 Å². The SMILES string of the molecule is C=CS(=O)(=O)N1CCN(CC(=O)O)CCN(CC(=O)O)CCN(CC(=O)O)CC1. The Balaban J connectivity index is 3.04. The summed E-state index contributed by atoms with van der Waals surface area (Å²) in [5, 5.41) is 28.1. The molecule has 1 aliphatic rings. The average molecular weight is 436 g/mol. The second-order valence-electron chi connectivity index (χ2n) is 6.62. The summed E-state index contributed by atoms with van der Waals surface area (Å²) in [6.45, 7) is 3.60. The van der Waals surface area contributed by atoms with Crippen molar-refractivity contribution in [1.82, 2.24) is 19.0 Å². The zero-order chi connectivity index (χ0) is 22.0. The van der Waals surface area contributed by atoms with Crippen LogP contribution in [0.1, 0.15) is 0 Å². The maximum Gasteiger partial charge on any atom is 0.317 e. The van der Waals surface area contributed by atoms with Gasteiger partial charge in [0.1, 0.15) is 0 Å². The standard InChI is InChI=1S/C16H28N4O8S/c1-2-29(27,28)20-9-7-18(12-15(23)24)5-3-17(11-14(21)22)4-6-19(8-10-20)13-16(25)26/h2H,1,3-13H2,(H,21,22)(H,23,24)(H,25,26). The van der Waals surface area contributed by atoms with Crippen molar-refractivity contribution in [2.24, 2.45) is 0 Å². The van der Waals surface area contributed by atoms with E-state index in [0.29, 0.717) is 0 Å². The number of nitrogens with zero attached hydrogens (tertiary/aromatic N) is 4. The fourth-order valence-electron chi connectivity index (χ4n) is 2.93. The first-order chi connectivity index (χ1) is 13.5. The van der Waals surface area contributed by atoms with E-state index in [1.165, 1.54) is 0 Å². The van der Waals surface area contributed by atoms with E-state index in [1.807, 2.05) is 0 Å². The molecule has 0 aromatic heterocycles. The van der Waals surface area contributed by atoms with Gasteiger partial charge >= 0.3 is 17.9 Å². The minimum absolute atomic E-state index is 0.00146. The van der Waals surface area contributed by atoms with Gasteiger partial charge in [-0.15, -0.1) is 0 Å². The summed E-state index contributed by atoms with van der Waals surface area (Å²) < 4.78 is 25.7. The predicted octanol–water partition coefficient (Wildman–Crippen LogP) is -2.06. The predicted molar refractivity (Wildman–Crippen MR) is 103 cm³/mol. The van der Waals surface area contributed by atoms with Crippen LogP contribution in [0.25, 0.3) is 0 Å². The molecule has 166 valence electrons. The number of hydrogen-bond acceptors (Lipinski definition) is 8. The molecule has 0 unspecified atom stereocenters. The molecule has 29 heavy (non-hydrogen) atoms. The number of carbonyl (C=O) groups is 3. The van der Waals surface area contributed by atoms with Gasteiger partial charge in [-0.1, -0.05) is 6.58 Å². The van der Waals surface area contributed by atoms with Crippen molar-refractivity contribution in [2.75, 3.05) is 72.0 Å². The number of sulfonamides is 1. The third kappa shape index (κ3) is 9.80. The third-order valence-corrected chi connectivity index (χ3v) is 5.95. The Hall–Kier alpha value is -2.06. The summed E-state index contributed by atoms with van der Waals surface area (Å²) in [5.74, 6) is -3.20. The molecule has 0 aromatic rings. The number of hydrogen-bond donors (Lipinski definition) is 3. The molecule has 0 spiro atoms. The first-order valence-electron chi connectivity index (χ1n) is 8.98. The number of carboxylic acid groups (broad SMARTS) is 3. The Labute approximate surface area is 169 Å². The number of aliphatic carboxylic acids is 3. The van der Waals surface area contributed by atoms with Gasteiger partial charge in [-0.3, -0.25) is 29.1 Å². The van der Waals surface area contributed by atoms with Gasteiger partial charge in [0.25, 0.3) is 0 Å². The lowest BCUT2D eigenvalue weighted by Crippen LogP contribution is -2.49. The van der Waals surface area contributed by atoms with E-state index in [4.69, 9.17) is 15.3 Å². The quantitative estimate of drug-likeness (QED) is 0.384. The smallest absolute Gasteiger partial charge is 0.317 e. The second kappa shape index (κ2) is 11.8. The molecule has 1 saturated heterocycles. The second-order valence-corrected chi connectivity index (χ2v) is 8.50. The molecular weight excluding hydrogens is 408 g/mol. The number of rotatable bonds is 8. The zero-order valence-electron chi connectivity index (χ0n) is 16.1. The van der Waals surface area contributed by atoms with Crippen LogP contribution in [-0.4, -0.2) is 133 Å². The van der Waals surface area contributed by atoms with Crippen molar-refractivity contribution < 1.29 is 38.1 Å². The van der Waals surface area contributed by atoms with Crippen LogP contribution < -0.4 is 0 Å². The van der Waals surface area contributed by atoms with Gasteiger partial charge in [-0.25, -0.2) is 8.42 Å². The highest BCUT2D eigenvalue weighted by atomic mass is 32.2. The van der Waals surface area contributed by atoms with Gasteiger partial charge in [0, 0.05) is 57.8 Å². The summed E-state index contributed by atoms with van der Waals surface area (Å²) in [4.78, 5) is 38.0. The first kappa shape index (κ1) is 25.0. The molecule has 1 aliphatic heterocycles. The van der Waals surface area contributed by atoms with Crippen LogP contribution >= 0.6 is 0 Å². The van der Waals surface area contributed by atoms with E-state index < -0.39 is 27.9 Å². The van der Waals surface area contributed by atoms with Crippen molar-refractivity contribution in [3.05, 3.63) is 12.0 Å². The lowest BCUT2D eigenvalue weighted by molar-refractivity contribution is -0.140. The molecule has 3 N–H and O–H groups in total. The molecule has 1 heterocycles. The van der Waals surface area contributed by atoms with Gasteiger partial charge in [0.05, 0.1) is 19.6 Å². The van der Waals surface area contributed by atoms with Crippen LogP contribution in [-0.2, 0) is 24.4 Å². The molecule has 0 amide bonds. The highest BCUT2D eigenvalue weighted by Crippen LogP contribution is 2.06. The molecular formula is C16H28N4O8S. The Morgan fingerprint density at radius 1 is 0.690 bits per heavy atom. The van der Waals surface area contributed by atoms with Gasteiger partial charge in [-0.2, -0.15) is 4.31 Å². The summed E-state index contributed by atoms with van der Waals surface area (Å²) in [7, 11) is -3.78. The molecule has 12 nitrogen and oxygen atoms in total. The van der Waals surface area contributed by atoms with E-state index in [-0.39, 0.29) is 72.0 Å². The van der Waals surface area contributed by atoms with Crippen molar-refractivity contribution in [1.29, 1.82) is 0 Å². The monoisotopic (exact) mass is 436 g/mol. The Bertz CT molecular complexity index is 667. The van der Waals surface area contributed by atoms with Crippen LogP contribution in [0.4, 0.5) is 0 Å². The summed E-state index contributed by atoms with van der Waals surface area (Å²) in [5.41, 5.74) is 0. The fraction of sp³-hybridized carbons (Fsp3) is 0.688. The lowest BCUT2D eigenvalue weighted by atomic mass is 10.3. The van der Waals surface area contributed by atoms with Crippen LogP contribution in [0, 0.1) is 0 Å². The Morgan fingerprint density at radius 3 is 1.21 bits per heavy atom. The van der Waals surface area contributed by atoms with E-state index in [2.05, 4.69) is 6.58 Å². The van der Waals surface area contributed by atoms with Crippen LogP contribution in [0.5, 0.6) is 0 Å². The summed E-state index contributed by atoms with van der Waals surface area (Å²) in [6, 6.07) is 0. The van der Waals surface area contributed by atoms with Crippen molar-refractivity contribution in [3.63, 3.8) is 0 Å². The largest absolute Gasteiger partial charge is 0.480 e. The molecule has 0 bridgehead atoms. The third-order valence-electron chi connectivity index (χ3n) is 4.44. The number of carboxylic acids is 3. The maximum absolute atomic E-state index is 12.3. The van der Waals surface area contributed by atoms with Gasteiger partial charge in [0.2, 0.25) is 10.0 Å². The average Bonchev–Trinajstić information content (AvgIpc) is 2.60. The van der Waals surface area contributed by atoms with Gasteiger partial charge < -0.3 is 15.3 Å². The molecule has 0 radical (unpaired) electrons. The molecule has 1 rings (SSSR count). The van der Waals surface area contributed by atoms with Gasteiger partial charge in [0.15, 0.2) is 0 Å². The van der Waals surface area contributed by atoms with E-state index >= 15 is 0 Å². The molecule has 0 aromatic carbocycles. The van der Waals surface area contributed by atoms with Crippen molar-refractivity contribution in [3.8, 4) is 0 Å². The molecule has 13 heteroatoms. The van der Waals surface area contributed by atoms with Crippen molar-refractivity contribution in [2.45, 2.75) is 0 Å². The van der Waals surface area contributed by atoms with Crippen LogP contribution in [0.15, 0.2) is 12.0 Å². The van der Waals surface area contributed by atoms with Gasteiger partial charge in [-0.05, 0) is 0 Å². The van der Waals surface area contributed by atoms with E-state index in [0.717, 1.165) is 9.71 Å². The normalized spacial score (nSPS) is 19.7. The van der Waals surface area contributed by atoms with Crippen LogP contribution in [0.2, 0.25) is 0 Å². The van der Waals surface area contributed by atoms with Crippen molar-refractivity contribution >= 4 is 27.9 Å². The summed E-state index contributed by atoms with van der Waals surface area (Å²) in [6.07, 6.45) is 0. The fourth-order valence-corrected chi connectivity index (χ4v) is 3.81. The lowest BCUT2D eigenvalue weighted by Gasteiger charge is -2.32. The minimum Gasteiger partial charge on any atom is -0.480 e. The Morgan fingerprint density at radius 2 is 0.966 bits per heavy atom. The topological polar surface area (TPSA) is 159 Å². The Kier molecular flexibility index (Phi) is 10.2. The highest BCUT2D eigenvalue weighted by molar-refractivity contribution is 7.92. The summed E-state index contributed by atoms with van der Waals surface area (Å²) >= 11 is 0.